The number of para-hydroxylation sites is 1. The summed E-state index contributed by atoms with van der Waals surface area (Å²) in [7, 11) is 0. The van der Waals surface area contributed by atoms with Crippen molar-refractivity contribution in [1.82, 2.24) is 0 Å². The van der Waals surface area contributed by atoms with E-state index < -0.39 is 0 Å². The molecule has 2 nitrogen and oxygen atoms in total. The third kappa shape index (κ3) is 1.42. The molecule has 76 valence electrons. The summed E-state index contributed by atoms with van der Waals surface area (Å²) >= 11 is 0. The van der Waals surface area contributed by atoms with Crippen molar-refractivity contribution < 1.29 is 4.42 Å². The van der Waals surface area contributed by atoms with Crippen molar-refractivity contribution in [2.75, 3.05) is 11.9 Å². The molecule has 0 bridgehead atoms. The molecular weight excluding hydrogens is 186 g/mol. The first-order valence-electron chi connectivity index (χ1n) is 5.37. The number of allylic oxidation sites excluding steroid dienone is 1. The summed E-state index contributed by atoms with van der Waals surface area (Å²) in [4.78, 5) is 0. The molecule has 1 aromatic heterocycles. The highest BCUT2D eigenvalue weighted by Gasteiger charge is 2.11. The van der Waals surface area contributed by atoms with Gasteiger partial charge in [0, 0.05) is 11.9 Å². The highest BCUT2D eigenvalue weighted by molar-refractivity contribution is 5.95. The van der Waals surface area contributed by atoms with Crippen LogP contribution in [-0.2, 0) is 0 Å². The first-order chi connectivity index (χ1) is 7.45. The summed E-state index contributed by atoms with van der Waals surface area (Å²) in [5.41, 5.74) is 2.10. The van der Waals surface area contributed by atoms with E-state index in [2.05, 4.69) is 23.5 Å². The first kappa shape index (κ1) is 8.60. The van der Waals surface area contributed by atoms with Gasteiger partial charge < -0.3 is 9.73 Å². The Morgan fingerprint density at radius 2 is 2.13 bits per heavy atom. The number of benzene rings is 1. The van der Waals surface area contributed by atoms with Crippen LogP contribution >= 0.6 is 0 Å². The van der Waals surface area contributed by atoms with Crippen LogP contribution in [-0.4, -0.2) is 6.54 Å². The van der Waals surface area contributed by atoms with Gasteiger partial charge >= 0.3 is 0 Å². The molecule has 1 aromatic carbocycles. The summed E-state index contributed by atoms with van der Waals surface area (Å²) in [5, 5.41) is 4.62. The lowest BCUT2D eigenvalue weighted by Crippen LogP contribution is -2.02. The van der Waals surface area contributed by atoms with Crippen LogP contribution in [0.5, 0.6) is 0 Å². The molecular formula is C13H13NO. The van der Waals surface area contributed by atoms with Crippen molar-refractivity contribution in [3.8, 4) is 0 Å². The summed E-state index contributed by atoms with van der Waals surface area (Å²) < 4.78 is 5.78. The Morgan fingerprint density at radius 3 is 3.13 bits per heavy atom. The third-order valence-electron chi connectivity index (χ3n) is 2.74. The Labute approximate surface area is 88.6 Å². The van der Waals surface area contributed by atoms with Crippen molar-refractivity contribution in [2.45, 2.75) is 12.8 Å². The summed E-state index contributed by atoms with van der Waals surface area (Å²) in [6.07, 6.45) is 6.54. The van der Waals surface area contributed by atoms with Crippen LogP contribution in [0.3, 0.4) is 0 Å². The summed E-state index contributed by atoms with van der Waals surface area (Å²) in [6.45, 7) is 1.01. The lowest BCUT2D eigenvalue weighted by atomic mass is 10.1. The fourth-order valence-electron chi connectivity index (χ4n) is 1.99. The molecule has 0 aliphatic carbocycles. The molecule has 3 rings (SSSR count). The minimum absolute atomic E-state index is 0.955. The smallest absolute Gasteiger partial charge is 0.150 e. The maximum Gasteiger partial charge on any atom is 0.150 e. The molecule has 0 saturated carbocycles. The van der Waals surface area contributed by atoms with Gasteiger partial charge in [-0.15, -0.1) is 0 Å². The number of anilines is 1. The molecule has 0 saturated heterocycles. The zero-order valence-electron chi connectivity index (χ0n) is 8.49. The van der Waals surface area contributed by atoms with Gasteiger partial charge in [0.1, 0.15) is 5.58 Å². The molecule has 0 radical (unpaired) electrons. The maximum absolute atomic E-state index is 5.78. The maximum atomic E-state index is 5.78. The fraction of sp³-hybridized carbons (Fsp3) is 0.231. The van der Waals surface area contributed by atoms with Gasteiger partial charge in [-0.05, 0) is 31.1 Å². The van der Waals surface area contributed by atoms with Gasteiger partial charge in [-0.2, -0.15) is 0 Å². The van der Waals surface area contributed by atoms with E-state index in [0.717, 1.165) is 30.0 Å². The molecule has 1 aliphatic rings. The Balaban J connectivity index is 2.24. The van der Waals surface area contributed by atoms with E-state index >= 15 is 0 Å². The van der Waals surface area contributed by atoms with Crippen LogP contribution in [0.25, 0.3) is 17.0 Å². The largest absolute Gasteiger partial charge is 0.454 e. The van der Waals surface area contributed by atoms with E-state index in [4.69, 9.17) is 4.42 Å². The molecule has 2 aromatic rings. The minimum atomic E-state index is 0.955. The van der Waals surface area contributed by atoms with Gasteiger partial charge in [0.25, 0.3) is 0 Å². The molecule has 0 spiro atoms. The van der Waals surface area contributed by atoms with Gasteiger partial charge in [0.2, 0.25) is 0 Å². The van der Waals surface area contributed by atoms with Crippen LogP contribution in [0.1, 0.15) is 18.6 Å². The second kappa shape index (κ2) is 3.46. The van der Waals surface area contributed by atoms with E-state index in [-0.39, 0.29) is 0 Å². The molecule has 1 N–H and O–H groups in total. The lowest BCUT2D eigenvalue weighted by molar-refractivity contribution is 0.604. The van der Waals surface area contributed by atoms with Gasteiger partial charge in [-0.1, -0.05) is 18.2 Å². The van der Waals surface area contributed by atoms with E-state index in [9.17, 15) is 0 Å². The van der Waals surface area contributed by atoms with Crippen LogP contribution in [0, 0.1) is 0 Å². The molecule has 2 heterocycles. The first-order valence-corrected chi connectivity index (χ1v) is 5.37. The Kier molecular flexibility index (Phi) is 1.98. The zero-order valence-corrected chi connectivity index (χ0v) is 8.49. The second-order valence-corrected chi connectivity index (χ2v) is 3.81. The quantitative estimate of drug-likeness (QED) is 0.700. The highest BCUT2D eigenvalue weighted by atomic mass is 16.3. The van der Waals surface area contributed by atoms with Crippen molar-refractivity contribution in [2.24, 2.45) is 0 Å². The van der Waals surface area contributed by atoms with Crippen LogP contribution < -0.4 is 5.32 Å². The van der Waals surface area contributed by atoms with Crippen molar-refractivity contribution in [3.63, 3.8) is 0 Å². The normalized spacial score (nSPS) is 17.6. The molecule has 15 heavy (non-hydrogen) atoms. The number of fused-ring (bicyclic) bond motifs is 3. The minimum Gasteiger partial charge on any atom is -0.454 e. The van der Waals surface area contributed by atoms with Crippen LogP contribution in [0.15, 0.2) is 34.8 Å². The SMILES string of the molecule is C1=C\c2oc3ccccc3c2NCCC/1. The average Bonchev–Trinajstić information content (AvgIpc) is 2.55. The van der Waals surface area contributed by atoms with E-state index in [1.807, 2.05) is 18.2 Å². The summed E-state index contributed by atoms with van der Waals surface area (Å²) in [5.74, 6) is 0.955. The third-order valence-corrected chi connectivity index (χ3v) is 2.74. The van der Waals surface area contributed by atoms with Crippen LogP contribution in [0.4, 0.5) is 5.69 Å². The second-order valence-electron chi connectivity index (χ2n) is 3.81. The monoisotopic (exact) mass is 199 g/mol. The predicted molar refractivity (Wildman–Crippen MR) is 63.0 cm³/mol. The summed E-state index contributed by atoms with van der Waals surface area (Å²) in [6, 6.07) is 8.15. The Bertz CT molecular complexity index is 510. The standard InChI is InChI=1S/C13H13NO/c1-2-8-12-13(14-9-5-1)10-6-3-4-7-11(10)15-12/h2-4,6-8,14H,1,5,9H2/b8-2-. The van der Waals surface area contributed by atoms with Crippen LogP contribution in [0.2, 0.25) is 0 Å². The van der Waals surface area contributed by atoms with Gasteiger partial charge in [0.15, 0.2) is 5.76 Å². The number of rotatable bonds is 0. The van der Waals surface area contributed by atoms with Crippen molar-refractivity contribution in [3.05, 3.63) is 36.1 Å². The molecule has 1 aliphatic heterocycles. The molecule has 0 unspecified atom stereocenters. The zero-order chi connectivity index (χ0) is 10.1. The fourth-order valence-corrected chi connectivity index (χ4v) is 1.99. The number of hydrogen-bond donors (Lipinski definition) is 1. The van der Waals surface area contributed by atoms with Gasteiger partial charge in [0.05, 0.1) is 5.69 Å². The average molecular weight is 199 g/mol. The van der Waals surface area contributed by atoms with Crippen molar-refractivity contribution in [1.29, 1.82) is 0 Å². The Morgan fingerprint density at radius 1 is 1.20 bits per heavy atom. The van der Waals surface area contributed by atoms with Gasteiger partial charge in [-0.3, -0.25) is 0 Å². The molecule has 0 atom stereocenters. The lowest BCUT2D eigenvalue weighted by Gasteiger charge is -2.06. The predicted octanol–water partition coefficient (Wildman–Crippen LogP) is 3.65. The molecule has 0 fully saturated rings. The number of nitrogens with one attached hydrogen (secondary N) is 1. The van der Waals surface area contributed by atoms with Crippen molar-refractivity contribution >= 4 is 22.7 Å². The topological polar surface area (TPSA) is 25.2 Å². The van der Waals surface area contributed by atoms with E-state index in [1.54, 1.807) is 0 Å². The molecule has 2 heteroatoms. The number of furan rings is 1. The van der Waals surface area contributed by atoms with E-state index in [1.165, 1.54) is 11.8 Å². The molecule has 0 amide bonds. The van der Waals surface area contributed by atoms with Gasteiger partial charge in [-0.25, -0.2) is 0 Å². The highest BCUT2D eigenvalue weighted by Crippen LogP contribution is 2.32. The number of hydrogen-bond acceptors (Lipinski definition) is 2. The van der Waals surface area contributed by atoms with E-state index in [0.29, 0.717) is 0 Å². The Hall–Kier alpha value is -1.70.